The van der Waals surface area contributed by atoms with Crippen LogP contribution in [0.15, 0.2) is 6.07 Å². The summed E-state index contributed by atoms with van der Waals surface area (Å²) < 4.78 is 41.1. The summed E-state index contributed by atoms with van der Waals surface area (Å²) in [6.45, 7) is 4.77. The van der Waals surface area contributed by atoms with E-state index in [1.54, 1.807) is 21.1 Å². The number of aryl methyl sites for hydroxylation is 1. The molecule has 2 saturated heterocycles. The molecule has 0 amide bonds. The van der Waals surface area contributed by atoms with E-state index in [2.05, 4.69) is 21.9 Å². The third-order valence-electron chi connectivity index (χ3n) is 9.84. The second kappa shape index (κ2) is 11.9. The molecule has 0 aliphatic carbocycles. The molecular formula is C33H35N3O10S. The van der Waals surface area contributed by atoms with Gasteiger partial charge in [-0.05, 0) is 38.4 Å². The van der Waals surface area contributed by atoms with E-state index in [9.17, 15) is 19.6 Å². The van der Waals surface area contributed by atoms with Crippen molar-refractivity contribution in [2.45, 2.75) is 62.7 Å². The molecule has 2 aromatic carbocycles. The number of rotatable bonds is 5. The quantitative estimate of drug-likeness (QED) is 0.200. The maximum atomic E-state index is 13.0. The van der Waals surface area contributed by atoms with Crippen molar-refractivity contribution < 1.29 is 47.5 Å². The number of benzene rings is 2. The van der Waals surface area contributed by atoms with E-state index in [-0.39, 0.29) is 32.0 Å². The lowest BCUT2D eigenvalue weighted by atomic mass is 9.71. The molecule has 248 valence electrons. The highest BCUT2D eigenvalue weighted by atomic mass is 32.2. The maximum absolute atomic E-state index is 13.0. The number of likely N-dealkylation sites (N-methyl/N-ethyl adjacent to an activating group) is 1. The number of Topliss-reactive ketones (excluding diaryl/α,β-unsaturated/α-hetero) is 1. The van der Waals surface area contributed by atoms with E-state index in [0.717, 1.165) is 16.7 Å². The van der Waals surface area contributed by atoms with Crippen molar-refractivity contribution in [1.29, 1.82) is 5.26 Å². The number of ketones is 1. The number of cyclic esters (lactones) is 1. The van der Waals surface area contributed by atoms with Crippen LogP contribution in [0.25, 0.3) is 0 Å². The van der Waals surface area contributed by atoms with Gasteiger partial charge in [-0.2, -0.15) is 5.26 Å². The number of methoxy groups -OCH3 is 2. The number of carbonyl (C=O) groups excluding carboxylic acids is 3. The number of fused-ring (bicyclic) bond motifs is 9. The number of carbonyl (C=O) groups is 3. The number of piperazine rings is 1. The van der Waals surface area contributed by atoms with Crippen LogP contribution in [-0.2, 0) is 30.3 Å². The fourth-order valence-corrected chi connectivity index (χ4v) is 9.47. The number of hydrogen-bond acceptors (Lipinski definition) is 14. The molecular weight excluding hydrogens is 630 g/mol. The highest BCUT2D eigenvalue weighted by Gasteiger charge is 2.60. The van der Waals surface area contributed by atoms with Gasteiger partial charge in [-0.25, -0.2) is 4.79 Å². The summed E-state index contributed by atoms with van der Waals surface area (Å²) in [5.74, 6) is -0.0336. The van der Waals surface area contributed by atoms with Gasteiger partial charge in [-0.15, -0.1) is 11.8 Å². The largest absolute Gasteiger partial charge is 0.493 e. The van der Waals surface area contributed by atoms with Gasteiger partial charge < -0.3 is 33.2 Å². The van der Waals surface area contributed by atoms with Gasteiger partial charge in [0.1, 0.15) is 18.4 Å². The van der Waals surface area contributed by atoms with E-state index in [1.165, 1.54) is 18.7 Å². The first-order valence-corrected chi connectivity index (χ1v) is 16.3. The first-order valence-electron chi connectivity index (χ1n) is 15.3. The van der Waals surface area contributed by atoms with E-state index in [1.807, 2.05) is 14.0 Å². The van der Waals surface area contributed by atoms with Crippen molar-refractivity contribution in [3.8, 4) is 34.8 Å². The summed E-state index contributed by atoms with van der Waals surface area (Å²) in [5, 5.41) is 10.3. The number of thioether (sulfide) groups is 1. The third-order valence-corrected chi connectivity index (χ3v) is 11.1. The Kier molecular flexibility index (Phi) is 7.99. The van der Waals surface area contributed by atoms with Gasteiger partial charge in [-0.1, -0.05) is 6.07 Å². The smallest absolute Gasteiger partial charge is 0.375 e. The molecule has 5 aliphatic heterocycles. The van der Waals surface area contributed by atoms with Crippen molar-refractivity contribution in [3.63, 3.8) is 0 Å². The van der Waals surface area contributed by atoms with E-state index in [0.29, 0.717) is 51.9 Å². The molecule has 0 radical (unpaired) electrons. The Bertz CT molecular complexity index is 1740. The Balaban J connectivity index is 1.56. The van der Waals surface area contributed by atoms with E-state index >= 15 is 0 Å². The lowest BCUT2D eigenvalue weighted by molar-refractivity contribution is -0.157. The fourth-order valence-electron chi connectivity index (χ4n) is 8.13. The number of esters is 2. The average Bonchev–Trinajstić information content (AvgIpc) is 3.53. The Labute approximate surface area is 275 Å². The van der Waals surface area contributed by atoms with Crippen LogP contribution in [0, 0.1) is 25.2 Å². The molecule has 2 fully saturated rings. The van der Waals surface area contributed by atoms with Gasteiger partial charge in [0, 0.05) is 48.4 Å². The topological polar surface area (TPSA) is 146 Å². The van der Waals surface area contributed by atoms with Crippen molar-refractivity contribution in [1.82, 2.24) is 9.80 Å². The lowest BCUT2D eigenvalue weighted by Gasteiger charge is -2.61. The molecule has 7 rings (SSSR count). The molecule has 2 aromatic rings. The standard InChI is InChI=1S/C33H35N3O10S/c1-14-7-17-8-18-19(9-34)36-20-10-42-33(39)21(38)11-47-32(24-23(20)31-29(44-13-45-31)15(2)28(24)46-16(3)37)26(36)25(35(18)4)22(17)30(27(14)41-6)43-12-40-5/h7,18-20,25-26,32H,8,10-13H2,1-6H3/t18-,19-,20-,25+,26+,32+/m0/s1. The zero-order valence-corrected chi connectivity index (χ0v) is 27.7. The minimum atomic E-state index is -0.937. The molecule has 0 unspecified atom stereocenters. The monoisotopic (exact) mass is 665 g/mol. The van der Waals surface area contributed by atoms with Gasteiger partial charge in [0.2, 0.25) is 12.6 Å². The SMILES string of the molecule is COCOc1c(OC)c(C)cc2c1[C@@H]1[C@@H]3[C@@H]4SCC(=O)C(=O)OC[C@@H](c5c6c(c(C)c(OC(C)=O)c54)OCO6)N3[C@@H](C#N)[C@H](C2)N1C. The van der Waals surface area contributed by atoms with Crippen LogP contribution < -0.4 is 23.7 Å². The molecule has 47 heavy (non-hydrogen) atoms. The molecule has 14 heteroatoms. The Morgan fingerprint density at radius 1 is 1.09 bits per heavy atom. The molecule has 5 aliphatic rings. The number of hydrogen-bond donors (Lipinski definition) is 0. The number of ether oxygens (including phenoxy) is 7. The second-order valence-corrected chi connectivity index (χ2v) is 13.4. The summed E-state index contributed by atoms with van der Waals surface area (Å²) in [4.78, 5) is 42.8. The molecule has 13 nitrogen and oxygen atoms in total. The van der Waals surface area contributed by atoms with Gasteiger partial charge in [-0.3, -0.25) is 19.4 Å². The zero-order valence-electron chi connectivity index (χ0n) is 26.9. The normalized spacial score (nSPS) is 27.6. The minimum absolute atomic E-state index is 0.0192. The first-order chi connectivity index (χ1) is 22.6. The van der Waals surface area contributed by atoms with Crippen LogP contribution in [0.2, 0.25) is 0 Å². The van der Waals surface area contributed by atoms with Crippen LogP contribution in [0.3, 0.4) is 0 Å². The third kappa shape index (κ3) is 4.66. The highest BCUT2D eigenvalue weighted by molar-refractivity contribution is 8.00. The van der Waals surface area contributed by atoms with Crippen LogP contribution in [0.4, 0.5) is 0 Å². The molecule has 5 heterocycles. The molecule has 6 atom stereocenters. The van der Waals surface area contributed by atoms with Gasteiger partial charge in [0.25, 0.3) is 0 Å². The highest BCUT2D eigenvalue weighted by Crippen LogP contribution is 2.64. The van der Waals surface area contributed by atoms with Crippen LogP contribution in [0.1, 0.15) is 57.6 Å². The van der Waals surface area contributed by atoms with Crippen LogP contribution in [0.5, 0.6) is 28.7 Å². The van der Waals surface area contributed by atoms with Crippen molar-refractivity contribution in [2.75, 3.05) is 47.2 Å². The number of nitriles is 1. The fraction of sp³-hybridized carbons (Fsp3) is 0.515. The summed E-state index contributed by atoms with van der Waals surface area (Å²) in [6.07, 6.45) is 0.540. The van der Waals surface area contributed by atoms with E-state index in [4.69, 9.17) is 33.2 Å². The van der Waals surface area contributed by atoms with Crippen molar-refractivity contribution in [3.05, 3.63) is 39.4 Å². The van der Waals surface area contributed by atoms with Gasteiger partial charge in [0.15, 0.2) is 29.8 Å². The molecule has 0 aromatic heterocycles. The first kappa shape index (κ1) is 31.6. The summed E-state index contributed by atoms with van der Waals surface area (Å²) in [7, 11) is 5.14. The van der Waals surface area contributed by atoms with Gasteiger partial charge in [0.05, 0.1) is 36.3 Å². The number of nitrogens with zero attached hydrogens (tertiary/aromatic N) is 3. The predicted molar refractivity (Wildman–Crippen MR) is 166 cm³/mol. The summed E-state index contributed by atoms with van der Waals surface area (Å²) in [6, 6.07) is 2.11. The lowest BCUT2D eigenvalue weighted by Crippen LogP contribution is -2.69. The second-order valence-electron chi connectivity index (χ2n) is 12.3. The van der Waals surface area contributed by atoms with Crippen LogP contribution in [-0.4, -0.2) is 92.9 Å². The maximum Gasteiger partial charge on any atom is 0.375 e. The molecule has 4 bridgehead atoms. The average molecular weight is 666 g/mol. The van der Waals surface area contributed by atoms with E-state index < -0.39 is 47.1 Å². The zero-order chi connectivity index (χ0) is 33.3. The Morgan fingerprint density at radius 2 is 1.85 bits per heavy atom. The predicted octanol–water partition coefficient (Wildman–Crippen LogP) is 3.08. The minimum Gasteiger partial charge on any atom is -0.493 e. The van der Waals surface area contributed by atoms with Crippen molar-refractivity contribution in [2.24, 2.45) is 0 Å². The summed E-state index contributed by atoms with van der Waals surface area (Å²) in [5.41, 5.74) is 4.64. The molecule has 0 saturated carbocycles. The Morgan fingerprint density at radius 3 is 2.55 bits per heavy atom. The summed E-state index contributed by atoms with van der Waals surface area (Å²) >= 11 is 1.25. The van der Waals surface area contributed by atoms with Crippen LogP contribution >= 0.6 is 11.8 Å². The molecule has 0 spiro atoms. The molecule has 0 N–H and O–H groups in total. The Hall–Kier alpha value is -4.03. The van der Waals surface area contributed by atoms with Gasteiger partial charge >= 0.3 is 11.9 Å². The van der Waals surface area contributed by atoms with Crippen molar-refractivity contribution >= 4 is 29.5 Å².